The highest BCUT2D eigenvalue weighted by Crippen LogP contribution is 2.35. The molecule has 6 heteroatoms. The maximum absolute atomic E-state index is 12.2. The predicted molar refractivity (Wildman–Crippen MR) is 58.7 cm³/mol. The number of aromatic nitrogens is 2. The Labute approximate surface area is 98.8 Å². The smallest absolute Gasteiger partial charge is 0.248 e. The molecule has 1 saturated heterocycles. The summed E-state index contributed by atoms with van der Waals surface area (Å²) in [5.74, 6) is 0.851. The molecule has 2 atom stereocenters. The van der Waals surface area contributed by atoms with Gasteiger partial charge >= 0.3 is 0 Å². The van der Waals surface area contributed by atoms with Gasteiger partial charge < -0.3 is 9.88 Å². The molecule has 3 rings (SSSR count). The van der Waals surface area contributed by atoms with Crippen LogP contribution < -0.4 is 5.32 Å². The summed E-state index contributed by atoms with van der Waals surface area (Å²) in [5.41, 5.74) is -0.654. The van der Waals surface area contributed by atoms with E-state index in [1.165, 1.54) is 0 Å². The third kappa shape index (κ3) is 1.23. The van der Waals surface area contributed by atoms with Gasteiger partial charge in [0.2, 0.25) is 5.91 Å². The third-order valence-electron chi connectivity index (χ3n) is 3.73. The maximum Gasteiger partial charge on any atom is 0.248 e. The van der Waals surface area contributed by atoms with Crippen LogP contribution in [0.15, 0.2) is 12.4 Å². The van der Waals surface area contributed by atoms with E-state index in [1.807, 2.05) is 22.7 Å². The average Bonchev–Trinajstić information content (AvgIpc) is 2.90. The van der Waals surface area contributed by atoms with Crippen molar-refractivity contribution in [2.75, 3.05) is 13.6 Å². The fraction of sp³-hybridized carbons (Fsp3) is 0.545. The third-order valence-corrected chi connectivity index (χ3v) is 3.73. The molecule has 1 fully saturated rings. The molecule has 0 radical (unpaired) electrons. The quantitative estimate of drug-likeness (QED) is 0.649. The maximum atomic E-state index is 12.2. The molecule has 1 spiro atoms. The van der Waals surface area contributed by atoms with E-state index >= 15 is 0 Å². The molecule has 1 aromatic rings. The first-order valence-corrected chi connectivity index (χ1v) is 5.58. The van der Waals surface area contributed by atoms with Gasteiger partial charge in [0.05, 0.1) is 12.6 Å². The van der Waals surface area contributed by atoms with Gasteiger partial charge in [-0.15, -0.1) is 0 Å². The van der Waals surface area contributed by atoms with E-state index in [9.17, 15) is 4.79 Å². The molecule has 17 heavy (non-hydrogen) atoms. The summed E-state index contributed by atoms with van der Waals surface area (Å²) in [7, 11) is 1.88. The fourth-order valence-electron chi connectivity index (χ4n) is 2.83. The normalized spacial score (nSPS) is 32.2. The minimum atomic E-state index is -0.654. The number of hydrogen-bond donors (Lipinski definition) is 1. The number of carbonyl (C=O) groups is 1. The lowest BCUT2D eigenvalue weighted by Crippen LogP contribution is -2.54. The van der Waals surface area contributed by atoms with Crippen LogP contribution in [0.3, 0.4) is 0 Å². The first-order chi connectivity index (χ1) is 8.17. The summed E-state index contributed by atoms with van der Waals surface area (Å²) in [4.78, 5) is 18.3. The summed E-state index contributed by atoms with van der Waals surface area (Å²) in [6, 6.07) is 2.03. The van der Waals surface area contributed by atoms with Gasteiger partial charge in [0.25, 0.3) is 0 Å². The van der Waals surface area contributed by atoms with Gasteiger partial charge in [-0.3, -0.25) is 9.69 Å². The van der Waals surface area contributed by atoms with E-state index in [-0.39, 0.29) is 11.9 Å². The van der Waals surface area contributed by atoms with Crippen LogP contribution in [-0.2, 0) is 16.9 Å². The molecule has 2 aliphatic heterocycles. The monoisotopic (exact) mass is 231 g/mol. The van der Waals surface area contributed by atoms with Crippen molar-refractivity contribution in [2.24, 2.45) is 0 Å². The molecule has 0 saturated carbocycles. The molecular formula is C11H13N5O. The summed E-state index contributed by atoms with van der Waals surface area (Å²) in [6.45, 7) is 1.02. The van der Waals surface area contributed by atoms with E-state index < -0.39 is 5.54 Å². The second-order valence-corrected chi connectivity index (χ2v) is 4.69. The Balaban J connectivity index is 2.09. The Bertz CT molecular complexity index is 516. The van der Waals surface area contributed by atoms with E-state index in [1.54, 1.807) is 6.20 Å². The largest absolute Gasteiger partial charge is 0.347 e. The molecule has 2 aliphatic rings. The fourth-order valence-corrected chi connectivity index (χ4v) is 2.83. The molecule has 88 valence electrons. The summed E-state index contributed by atoms with van der Waals surface area (Å²) >= 11 is 0. The Morgan fingerprint density at radius 2 is 2.53 bits per heavy atom. The van der Waals surface area contributed by atoms with Crippen molar-refractivity contribution < 1.29 is 4.79 Å². The molecule has 6 nitrogen and oxygen atoms in total. The summed E-state index contributed by atoms with van der Waals surface area (Å²) in [5, 5.41) is 12.0. The van der Waals surface area contributed by atoms with Gasteiger partial charge in [-0.1, -0.05) is 0 Å². The Kier molecular flexibility index (Phi) is 2.00. The van der Waals surface area contributed by atoms with Gasteiger partial charge in [-0.05, 0) is 7.05 Å². The number of hydrogen-bond acceptors (Lipinski definition) is 4. The minimum absolute atomic E-state index is 0.00685. The molecule has 0 bridgehead atoms. The van der Waals surface area contributed by atoms with Crippen LogP contribution in [-0.4, -0.2) is 40.0 Å². The van der Waals surface area contributed by atoms with Gasteiger partial charge in [0.1, 0.15) is 17.4 Å². The number of rotatable bonds is 0. The van der Waals surface area contributed by atoms with Crippen LogP contribution in [0.2, 0.25) is 0 Å². The van der Waals surface area contributed by atoms with Crippen molar-refractivity contribution in [2.45, 2.75) is 24.5 Å². The van der Waals surface area contributed by atoms with E-state index in [4.69, 9.17) is 5.26 Å². The Hall–Kier alpha value is -1.87. The van der Waals surface area contributed by atoms with Gasteiger partial charge in [-0.25, -0.2) is 4.98 Å². The second-order valence-electron chi connectivity index (χ2n) is 4.69. The number of amides is 1. The van der Waals surface area contributed by atoms with Crippen LogP contribution >= 0.6 is 0 Å². The molecular weight excluding hydrogens is 218 g/mol. The average molecular weight is 231 g/mol. The zero-order chi connectivity index (χ0) is 12.0. The molecule has 1 N–H and O–H groups in total. The Morgan fingerprint density at radius 3 is 3.24 bits per heavy atom. The number of nitrogens with one attached hydrogen (secondary N) is 1. The number of likely N-dealkylation sites (N-methyl/N-ethyl adjacent to an activating group) is 1. The van der Waals surface area contributed by atoms with Crippen LogP contribution in [0.4, 0.5) is 0 Å². The highest BCUT2D eigenvalue weighted by atomic mass is 16.2. The van der Waals surface area contributed by atoms with Gasteiger partial charge in [0, 0.05) is 25.4 Å². The number of fused-ring (bicyclic) bond motifs is 2. The molecule has 3 heterocycles. The van der Waals surface area contributed by atoms with Crippen LogP contribution in [0.1, 0.15) is 12.2 Å². The molecule has 0 aliphatic carbocycles. The van der Waals surface area contributed by atoms with E-state index in [2.05, 4.69) is 16.4 Å². The van der Waals surface area contributed by atoms with Gasteiger partial charge in [0.15, 0.2) is 0 Å². The molecule has 0 aromatic carbocycles. The molecule has 1 aromatic heterocycles. The van der Waals surface area contributed by atoms with Crippen molar-refractivity contribution >= 4 is 5.91 Å². The van der Waals surface area contributed by atoms with Crippen molar-refractivity contribution in [3.63, 3.8) is 0 Å². The molecule has 1 amide bonds. The Morgan fingerprint density at radius 1 is 1.71 bits per heavy atom. The zero-order valence-corrected chi connectivity index (χ0v) is 9.55. The standard InChI is InChI=1S/C11H13N5O/c1-15-7-11(4-8(15)5-12)10(17)14-6-9-13-2-3-16(9)11/h2-3,8H,4,6-7H2,1H3,(H,14,17)/t8-,11+/m0/s1. The zero-order valence-electron chi connectivity index (χ0n) is 9.55. The van der Waals surface area contributed by atoms with Gasteiger partial charge in [-0.2, -0.15) is 5.26 Å². The minimum Gasteiger partial charge on any atom is -0.347 e. The second kappa shape index (κ2) is 3.31. The van der Waals surface area contributed by atoms with Crippen molar-refractivity contribution in [3.05, 3.63) is 18.2 Å². The van der Waals surface area contributed by atoms with Crippen LogP contribution in [0, 0.1) is 11.3 Å². The number of likely N-dealkylation sites (tertiary alicyclic amines) is 1. The lowest BCUT2D eigenvalue weighted by molar-refractivity contribution is -0.131. The van der Waals surface area contributed by atoms with E-state index in [0.29, 0.717) is 19.5 Å². The lowest BCUT2D eigenvalue weighted by atomic mass is 9.93. The predicted octanol–water partition coefficient (Wildman–Crippen LogP) is -0.564. The highest BCUT2D eigenvalue weighted by molar-refractivity contribution is 5.86. The summed E-state index contributed by atoms with van der Waals surface area (Å²) in [6.07, 6.45) is 4.06. The number of imidazole rings is 1. The van der Waals surface area contributed by atoms with Crippen molar-refractivity contribution in [1.29, 1.82) is 5.26 Å². The first kappa shape index (κ1) is 10.3. The van der Waals surface area contributed by atoms with Crippen molar-refractivity contribution in [3.8, 4) is 6.07 Å². The highest BCUT2D eigenvalue weighted by Gasteiger charge is 2.52. The number of nitrogens with zero attached hydrogens (tertiary/aromatic N) is 4. The van der Waals surface area contributed by atoms with Crippen LogP contribution in [0.5, 0.6) is 0 Å². The number of carbonyl (C=O) groups excluding carboxylic acids is 1. The topological polar surface area (TPSA) is 74.0 Å². The lowest BCUT2D eigenvalue weighted by Gasteiger charge is -2.34. The first-order valence-electron chi connectivity index (χ1n) is 5.58. The number of nitriles is 1. The SMILES string of the molecule is CN1C[C@]2(C[C@H]1C#N)C(=O)NCc1nccn12. The summed E-state index contributed by atoms with van der Waals surface area (Å²) < 4.78 is 1.93. The van der Waals surface area contributed by atoms with Crippen LogP contribution in [0.25, 0.3) is 0 Å². The van der Waals surface area contributed by atoms with E-state index in [0.717, 1.165) is 5.82 Å². The van der Waals surface area contributed by atoms with Crippen molar-refractivity contribution in [1.82, 2.24) is 19.8 Å². The molecule has 0 unspecified atom stereocenters.